The first-order valence-corrected chi connectivity index (χ1v) is 7.02. The first kappa shape index (κ1) is 15.8. The molecule has 2 aromatic rings. The second kappa shape index (κ2) is 6.03. The van der Waals surface area contributed by atoms with E-state index >= 15 is 0 Å². The van der Waals surface area contributed by atoms with Crippen LogP contribution >= 0.6 is 28.1 Å². The lowest BCUT2D eigenvalue weighted by atomic mass is 10.1. The van der Waals surface area contributed by atoms with Crippen molar-refractivity contribution >= 4 is 44.5 Å². The average Bonchev–Trinajstić information content (AvgIpc) is 2.40. The van der Waals surface area contributed by atoms with Crippen molar-refractivity contribution in [3.63, 3.8) is 0 Å². The van der Waals surface area contributed by atoms with Gasteiger partial charge in [-0.05, 0) is 52.7 Å². The Labute approximate surface area is 133 Å². The smallest absolute Gasteiger partial charge is 0.182 e. The zero-order valence-electron chi connectivity index (χ0n) is 10.8. The summed E-state index contributed by atoms with van der Waals surface area (Å²) in [5.41, 5.74) is 6.05. The van der Waals surface area contributed by atoms with Crippen molar-refractivity contribution in [2.24, 2.45) is 5.73 Å². The average molecular weight is 375 g/mol. The van der Waals surface area contributed by atoms with Gasteiger partial charge in [-0.3, -0.25) is 0 Å². The largest absolute Gasteiger partial charge is 0.389 e. The molecule has 0 atom stereocenters. The van der Waals surface area contributed by atoms with Gasteiger partial charge in [-0.1, -0.05) is 12.2 Å². The van der Waals surface area contributed by atoms with Crippen LogP contribution in [-0.4, -0.2) is 4.99 Å². The van der Waals surface area contributed by atoms with Gasteiger partial charge in [0, 0.05) is 11.3 Å². The molecular weight excluding hydrogens is 365 g/mol. The third-order valence-electron chi connectivity index (χ3n) is 2.88. The lowest BCUT2D eigenvalue weighted by molar-refractivity contribution is 0.510. The third kappa shape index (κ3) is 3.19. The Bertz CT molecular complexity index is 735. The molecule has 2 aromatic carbocycles. The predicted molar refractivity (Wildman–Crippen MR) is 84.4 cm³/mol. The number of thiocarbonyl (C=S) groups is 1. The zero-order valence-corrected chi connectivity index (χ0v) is 13.2. The monoisotopic (exact) mass is 374 g/mol. The molecule has 7 heteroatoms. The molecule has 21 heavy (non-hydrogen) atoms. The summed E-state index contributed by atoms with van der Waals surface area (Å²) in [4.78, 5) is -0.223. The van der Waals surface area contributed by atoms with E-state index in [4.69, 9.17) is 5.73 Å². The highest BCUT2D eigenvalue weighted by atomic mass is 79.9. The minimum absolute atomic E-state index is 0.0888. The fourth-order valence-corrected chi connectivity index (χ4v) is 2.26. The number of hydrogen-bond donors (Lipinski definition) is 2. The van der Waals surface area contributed by atoms with Gasteiger partial charge in [0.05, 0.1) is 10.2 Å². The molecule has 0 spiro atoms. The molecule has 0 saturated heterocycles. The standard InChI is InChI=1S/C14H10BrF3N2S/c1-6-4-9(16)8(15)5-11(6)20-10-3-2-7(14(19)21)12(17)13(10)18/h2-5,20H,1H3,(H2,19,21). The summed E-state index contributed by atoms with van der Waals surface area (Å²) in [6.07, 6.45) is 0. The van der Waals surface area contributed by atoms with Crippen molar-refractivity contribution < 1.29 is 13.2 Å². The topological polar surface area (TPSA) is 38.0 Å². The third-order valence-corrected chi connectivity index (χ3v) is 3.71. The molecule has 0 heterocycles. The summed E-state index contributed by atoms with van der Waals surface area (Å²) in [7, 11) is 0. The molecule has 0 unspecified atom stereocenters. The van der Waals surface area contributed by atoms with Gasteiger partial charge in [0.15, 0.2) is 11.6 Å². The van der Waals surface area contributed by atoms with Crippen molar-refractivity contribution in [1.82, 2.24) is 0 Å². The predicted octanol–water partition coefficient (Wildman–Crippen LogP) is 4.55. The normalized spacial score (nSPS) is 10.5. The summed E-state index contributed by atoms with van der Waals surface area (Å²) in [6, 6.07) is 5.34. The Kier molecular flexibility index (Phi) is 4.53. The Hall–Kier alpha value is -1.60. The van der Waals surface area contributed by atoms with Gasteiger partial charge in [-0.2, -0.15) is 0 Å². The van der Waals surface area contributed by atoms with Crippen LogP contribution in [0.1, 0.15) is 11.1 Å². The van der Waals surface area contributed by atoms with Crippen LogP contribution in [0.4, 0.5) is 24.5 Å². The summed E-state index contributed by atoms with van der Waals surface area (Å²) < 4.78 is 41.4. The maximum Gasteiger partial charge on any atom is 0.182 e. The first-order valence-electron chi connectivity index (χ1n) is 5.81. The Morgan fingerprint density at radius 2 is 1.81 bits per heavy atom. The fraction of sp³-hybridized carbons (Fsp3) is 0.0714. The zero-order chi connectivity index (χ0) is 15.7. The molecule has 0 radical (unpaired) electrons. The van der Waals surface area contributed by atoms with Gasteiger partial charge in [0.1, 0.15) is 10.8 Å². The van der Waals surface area contributed by atoms with E-state index in [0.29, 0.717) is 11.3 Å². The van der Waals surface area contributed by atoms with Crippen LogP contribution in [0.3, 0.4) is 0 Å². The van der Waals surface area contributed by atoms with Crippen molar-refractivity contribution in [2.45, 2.75) is 6.92 Å². The van der Waals surface area contributed by atoms with E-state index in [1.54, 1.807) is 6.92 Å². The molecule has 0 aromatic heterocycles. The van der Waals surface area contributed by atoms with E-state index in [-0.39, 0.29) is 20.7 Å². The first-order chi connectivity index (χ1) is 9.81. The maximum absolute atomic E-state index is 14.0. The molecule has 0 aliphatic rings. The van der Waals surface area contributed by atoms with Gasteiger partial charge in [0.2, 0.25) is 0 Å². The van der Waals surface area contributed by atoms with E-state index in [0.717, 1.165) is 0 Å². The lowest BCUT2D eigenvalue weighted by Crippen LogP contribution is -2.13. The highest BCUT2D eigenvalue weighted by Crippen LogP contribution is 2.29. The Balaban J connectivity index is 2.43. The number of aryl methyl sites for hydroxylation is 1. The summed E-state index contributed by atoms with van der Waals surface area (Å²) in [6.45, 7) is 1.65. The molecule has 3 N–H and O–H groups in total. The van der Waals surface area contributed by atoms with Crippen LogP contribution in [0.2, 0.25) is 0 Å². The SMILES string of the molecule is Cc1cc(F)c(Br)cc1Nc1ccc(C(N)=S)c(F)c1F. The molecule has 0 aliphatic heterocycles. The van der Waals surface area contributed by atoms with Crippen molar-refractivity contribution in [3.05, 3.63) is 57.3 Å². The van der Waals surface area contributed by atoms with Gasteiger partial charge in [-0.25, -0.2) is 13.2 Å². The van der Waals surface area contributed by atoms with Crippen LogP contribution in [-0.2, 0) is 0 Å². The van der Waals surface area contributed by atoms with E-state index in [1.165, 1.54) is 24.3 Å². The number of rotatable bonds is 3. The highest BCUT2D eigenvalue weighted by Gasteiger charge is 2.16. The molecule has 2 rings (SSSR count). The van der Waals surface area contributed by atoms with E-state index in [1.807, 2.05) is 0 Å². The molecule has 0 amide bonds. The summed E-state index contributed by atoms with van der Waals surface area (Å²) in [5.74, 6) is -2.65. The van der Waals surface area contributed by atoms with E-state index in [2.05, 4.69) is 33.5 Å². The van der Waals surface area contributed by atoms with Crippen LogP contribution < -0.4 is 11.1 Å². The number of nitrogens with two attached hydrogens (primary N) is 1. The molecule has 110 valence electrons. The number of anilines is 2. The van der Waals surface area contributed by atoms with Gasteiger partial charge in [0.25, 0.3) is 0 Å². The maximum atomic E-state index is 14.0. The molecule has 0 fully saturated rings. The Morgan fingerprint density at radius 1 is 1.14 bits per heavy atom. The lowest BCUT2D eigenvalue weighted by Gasteiger charge is -2.13. The van der Waals surface area contributed by atoms with Gasteiger partial charge >= 0.3 is 0 Å². The minimum atomic E-state index is -1.12. The van der Waals surface area contributed by atoms with Crippen LogP contribution in [0.25, 0.3) is 0 Å². The highest BCUT2D eigenvalue weighted by molar-refractivity contribution is 9.10. The second-order valence-corrected chi connectivity index (χ2v) is 5.65. The van der Waals surface area contributed by atoms with E-state index < -0.39 is 17.5 Å². The summed E-state index contributed by atoms with van der Waals surface area (Å²) in [5, 5.41) is 2.72. The van der Waals surface area contributed by atoms with Crippen LogP contribution in [0.15, 0.2) is 28.7 Å². The summed E-state index contributed by atoms with van der Waals surface area (Å²) >= 11 is 7.68. The molecule has 0 saturated carbocycles. The van der Waals surface area contributed by atoms with Gasteiger partial charge < -0.3 is 11.1 Å². The molecule has 2 nitrogen and oxygen atoms in total. The van der Waals surface area contributed by atoms with Gasteiger partial charge in [-0.15, -0.1) is 0 Å². The number of benzene rings is 2. The van der Waals surface area contributed by atoms with E-state index in [9.17, 15) is 13.2 Å². The van der Waals surface area contributed by atoms with Crippen molar-refractivity contribution in [3.8, 4) is 0 Å². The molecule has 0 bridgehead atoms. The quantitative estimate of drug-likeness (QED) is 0.773. The van der Waals surface area contributed by atoms with Crippen LogP contribution in [0.5, 0.6) is 0 Å². The van der Waals surface area contributed by atoms with Crippen LogP contribution in [0, 0.1) is 24.4 Å². The van der Waals surface area contributed by atoms with Crippen molar-refractivity contribution in [2.75, 3.05) is 5.32 Å². The fourth-order valence-electron chi connectivity index (χ4n) is 1.76. The number of halogens is 4. The molecule has 0 aliphatic carbocycles. The minimum Gasteiger partial charge on any atom is -0.389 e. The Morgan fingerprint density at radius 3 is 2.43 bits per heavy atom. The van der Waals surface area contributed by atoms with Crippen molar-refractivity contribution in [1.29, 1.82) is 0 Å². The number of nitrogens with one attached hydrogen (secondary N) is 1. The second-order valence-electron chi connectivity index (χ2n) is 4.36. The molecular formula is C14H10BrF3N2S. The number of hydrogen-bond acceptors (Lipinski definition) is 2.